The van der Waals surface area contributed by atoms with Gasteiger partial charge in [0.15, 0.2) is 0 Å². The van der Waals surface area contributed by atoms with Crippen molar-refractivity contribution in [2.45, 2.75) is 6.92 Å². The van der Waals surface area contributed by atoms with E-state index in [1.807, 2.05) is 67.6 Å². The van der Waals surface area contributed by atoms with Crippen LogP contribution in [0.15, 0.2) is 65.7 Å². The van der Waals surface area contributed by atoms with Gasteiger partial charge in [-0.1, -0.05) is 67.6 Å². The summed E-state index contributed by atoms with van der Waals surface area (Å²) in [6, 6.07) is 19.9. The van der Waals surface area contributed by atoms with Crippen molar-refractivity contribution in [2.75, 3.05) is 7.05 Å². The lowest BCUT2D eigenvalue weighted by molar-refractivity contribution is 1.03. The fourth-order valence-electron chi connectivity index (χ4n) is 2.19. The van der Waals surface area contributed by atoms with Crippen LogP contribution in [0.25, 0.3) is 0 Å². The van der Waals surface area contributed by atoms with Crippen molar-refractivity contribution in [1.29, 1.82) is 5.41 Å². The molecule has 2 heteroatoms. The minimum Gasteiger partial charge on any atom is -0.304 e. The lowest BCUT2D eigenvalue weighted by Crippen LogP contribution is -2.22. The molecular weight excluding hydrogens is 232 g/mol. The second kappa shape index (κ2) is 6.10. The van der Waals surface area contributed by atoms with Gasteiger partial charge in [0, 0.05) is 18.7 Å². The molecule has 96 valence electrons. The van der Waals surface area contributed by atoms with Gasteiger partial charge in [0.05, 0.1) is 5.71 Å². The number of hydrogen-bond acceptors (Lipinski definition) is 2. The Kier molecular flexibility index (Phi) is 4.24. The zero-order chi connectivity index (χ0) is 13.7. The summed E-state index contributed by atoms with van der Waals surface area (Å²) < 4.78 is 0. The average Bonchev–Trinajstić information content (AvgIpc) is 2.49. The molecule has 0 bridgehead atoms. The fraction of sp³-hybridized carbons (Fsp3) is 0.176. The summed E-state index contributed by atoms with van der Waals surface area (Å²) in [6.07, 6.45) is 0. The van der Waals surface area contributed by atoms with Crippen LogP contribution in [0, 0.1) is 11.3 Å². The van der Waals surface area contributed by atoms with Gasteiger partial charge in [0.2, 0.25) is 0 Å². The minimum atomic E-state index is -0.0187. The quantitative estimate of drug-likeness (QED) is 0.801. The number of benzene rings is 2. The SMILES string of the molecule is CN=C(c1ccccc1)C(C)C(=N)c1ccccc1. The maximum Gasteiger partial charge on any atom is 0.0504 e. The van der Waals surface area contributed by atoms with E-state index in [2.05, 4.69) is 4.99 Å². The van der Waals surface area contributed by atoms with Crippen molar-refractivity contribution < 1.29 is 0 Å². The highest BCUT2D eigenvalue weighted by atomic mass is 14.7. The van der Waals surface area contributed by atoms with E-state index in [4.69, 9.17) is 5.41 Å². The van der Waals surface area contributed by atoms with Crippen LogP contribution in [0.2, 0.25) is 0 Å². The first kappa shape index (κ1) is 13.2. The zero-order valence-electron chi connectivity index (χ0n) is 11.3. The summed E-state index contributed by atoms with van der Waals surface area (Å²) >= 11 is 0. The van der Waals surface area contributed by atoms with Crippen molar-refractivity contribution in [3.8, 4) is 0 Å². The molecule has 1 atom stereocenters. The second-order valence-electron chi connectivity index (χ2n) is 4.48. The molecule has 0 aliphatic rings. The minimum absolute atomic E-state index is 0.0187. The molecule has 2 aromatic carbocycles. The van der Waals surface area contributed by atoms with Crippen LogP contribution in [-0.4, -0.2) is 18.5 Å². The molecule has 2 aromatic rings. The molecule has 0 spiro atoms. The van der Waals surface area contributed by atoms with E-state index < -0.39 is 0 Å². The van der Waals surface area contributed by atoms with E-state index >= 15 is 0 Å². The van der Waals surface area contributed by atoms with Crippen molar-refractivity contribution in [3.05, 3.63) is 71.8 Å². The van der Waals surface area contributed by atoms with Gasteiger partial charge in [-0.15, -0.1) is 0 Å². The largest absolute Gasteiger partial charge is 0.304 e. The third kappa shape index (κ3) is 2.97. The molecule has 0 aromatic heterocycles. The first-order valence-electron chi connectivity index (χ1n) is 6.40. The Labute approximate surface area is 114 Å². The van der Waals surface area contributed by atoms with E-state index in [1.54, 1.807) is 7.05 Å². The monoisotopic (exact) mass is 250 g/mol. The topological polar surface area (TPSA) is 36.2 Å². The van der Waals surface area contributed by atoms with Gasteiger partial charge in [0.1, 0.15) is 0 Å². The molecule has 0 heterocycles. The first-order valence-corrected chi connectivity index (χ1v) is 6.40. The summed E-state index contributed by atoms with van der Waals surface area (Å²) in [5, 5.41) is 8.34. The van der Waals surface area contributed by atoms with Crippen molar-refractivity contribution in [1.82, 2.24) is 0 Å². The summed E-state index contributed by atoms with van der Waals surface area (Å²) in [7, 11) is 1.79. The molecule has 0 aliphatic carbocycles. The Balaban J connectivity index is 2.28. The van der Waals surface area contributed by atoms with Crippen LogP contribution in [-0.2, 0) is 0 Å². The highest BCUT2D eigenvalue weighted by molar-refractivity contribution is 6.18. The molecule has 19 heavy (non-hydrogen) atoms. The molecule has 0 aliphatic heterocycles. The molecule has 0 saturated carbocycles. The Hall–Kier alpha value is -2.22. The maximum atomic E-state index is 8.34. The van der Waals surface area contributed by atoms with Crippen LogP contribution in [0.4, 0.5) is 0 Å². The summed E-state index contributed by atoms with van der Waals surface area (Å²) in [5.74, 6) is -0.0187. The Morgan fingerprint density at radius 1 is 0.895 bits per heavy atom. The van der Waals surface area contributed by atoms with Gasteiger partial charge >= 0.3 is 0 Å². The van der Waals surface area contributed by atoms with Crippen LogP contribution in [0.5, 0.6) is 0 Å². The Morgan fingerprint density at radius 3 is 1.84 bits per heavy atom. The highest BCUT2D eigenvalue weighted by Gasteiger charge is 2.18. The summed E-state index contributed by atoms with van der Waals surface area (Å²) in [5.41, 5.74) is 3.59. The van der Waals surface area contributed by atoms with Gasteiger partial charge in [-0.05, 0) is 11.1 Å². The highest BCUT2D eigenvalue weighted by Crippen LogP contribution is 2.15. The molecule has 1 N–H and O–H groups in total. The molecule has 1 unspecified atom stereocenters. The second-order valence-corrected chi connectivity index (χ2v) is 4.48. The average molecular weight is 250 g/mol. The molecule has 0 fully saturated rings. The van der Waals surface area contributed by atoms with Crippen LogP contribution < -0.4 is 0 Å². The van der Waals surface area contributed by atoms with Gasteiger partial charge in [-0.2, -0.15) is 0 Å². The predicted octanol–water partition coefficient (Wildman–Crippen LogP) is 3.81. The molecule has 2 nitrogen and oxygen atoms in total. The summed E-state index contributed by atoms with van der Waals surface area (Å²) in [6.45, 7) is 2.03. The third-order valence-corrected chi connectivity index (χ3v) is 3.24. The van der Waals surface area contributed by atoms with Crippen LogP contribution in [0.3, 0.4) is 0 Å². The number of aliphatic imine (C=N–C) groups is 1. The van der Waals surface area contributed by atoms with E-state index in [1.165, 1.54) is 0 Å². The van der Waals surface area contributed by atoms with E-state index in [0.717, 1.165) is 16.8 Å². The van der Waals surface area contributed by atoms with Gasteiger partial charge in [-0.3, -0.25) is 4.99 Å². The van der Waals surface area contributed by atoms with Crippen LogP contribution in [0.1, 0.15) is 18.1 Å². The normalized spacial score (nSPS) is 13.1. The number of nitrogens with zero attached hydrogens (tertiary/aromatic N) is 1. The predicted molar refractivity (Wildman–Crippen MR) is 81.3 cm³/mol. The van der Waals surface area contributed by atoms with E-state index in [0.29, 0.717) is 5.71 Å². The zero-order valence-corrected chi connectivity index (χ0v) is 11.3. The fourth-order valence-corrected chi connectivity index (χ4v) is 2.19. The molecular formula is C17H18N2. The lowest BCUT2D eigenvalue weighted by atomic mass is 9.90. The Bertz CT molecular complexity index is 571. The lowest BCUT2D eigenvalue weighted by Gasteiger charge is -2.16. The summed E-state index contributed by atoms with van der Waals surface area (Å²) in [4.78, 5) is 4.38. The first-order chi connectivity index (χ1) is 9.24. The number of hydrogen-bond donors (Lipinski definition) is 1. The van der Waals surface area contributed by atoms with Gasteiger partial charge in [-0.25, -0.2) is 0 Å². The van der Waals surface area contributed by atoms with Crippen molar-refractivity contribution in [3.63, 3.8) is 0 Å². The smallest absolute Gasteiger partial charge is 0.0504 e. The Morgan fingerprint density at radius 2 is 1.37 bits per heavy atom. The molecule has 0 saturated heterocycles. The van der Waals surface area contributed by atoms with E-state index in [9.17, 15) is 0 Å². The van der Waals surface area contributed by atoms with Gasteiger partial charge in [0.25, 0.3) is 0 Å². The van der Waals surface area contributed by atoms with Crippen LogP contribution >= 0.6 is 0 Å². The molecule has 2 rings (SSSR count). The number of rotatable bonds is 4. The van der Waals surface area contributed by atoms with E-state index in [-0.39, 0.29) is 5.92 Å². The molecule has 0 amide bonds. The number of nitrogens with one attached hydrogen (secondary N) is 1. The van der Waals surface area contributed by atoms with Gasteiger partial charge < -0.3 is 5.41 Å². The van der Waals surface area contributed by atoms with Crippen molar-refractivity contribution >= 4 is 11.4 Å². The standard InChI is InChI=1S/C17H18N2/c1-13(16(18)14-9-5-3-6-10-14)17(19-2)15-11-7-4-8-12-15/h3-13,18H,1-2H3. The van der Waals surface area contributed by atoms with Crippen molar-refractivity contribution in [2.24, 2.45) is 10.9 Å². The maximum absolute atomic E-state index is 8.34. The third-order valence-electron chi connectivity index (χ3n) is 3.24. The molecule has 0 radical (unpaired) electrons.